The van der Waals surface area contributed by atoms with Gasteiger partial charge in [0.15, 0.2) is 0 Å². The van der Waals surface area contributed by atoms with E-state index >= 15 is 0 Å². The summed E-state index contributed by atoms with van der Waals surface area (Å²) >= 11 is 21.3. The Kier molecular flexibility index (Phi) is 6.65. The maximum Gasteiger partial charge on any atom is 0.130 e. The zero-order chi connectivity index (χ0) is 22.3. The lowest BCUT2D eigenvalue weighted by atomic mass is 9.97. The number of rotatable bonds is 6. The predicted molar refractivity (Wildman–Crippen MR) is 132 cm³/mol. The Morgan fingerprint density at radius 2 is 1.87 bits per heavy atom. The van der Waals surface area contributed by atoms with Gasteiger partial charge in [-0.3, -0.25) is 5.10 Å². The Morgan fingerprint density at radius 3 is 2.48 bits per heavy atom. The van der Waals surface area contributed by atoms with Crippen molar-refractivity contribution in [2.45, 2.75) is 23.5 Å². The van der Waals surface area contributed by atoms with Gasteiger partial charge in [0.2, 0.25) is 0 Å². The van der Waals surface area contributed by atoms with Crippen molar-refractivity contribution in [3.63, 3.8) is 0 Å². The van der Waals surface area contributed by atoms with Gasteiger partial charge in [-0.1, -0.05) is 53.0 Å². The van der Waals surface area contributed by atoms with Gasteiger partial charge in [0.1, 0.15) is 10.8 Å². The third-order valence-electron chi connectivity index (χ3n) is 5.59. The van der Waals surface area contributed by atoms with Crippen LogP contribution in [0.3, 0.4) is 0 Å². The van der Waals surface area contributed by atoms with Gasteiger partial charge in [0, 0.05) is 40.4 Å². The molecule has 2 heterocycles. The third-order valence-corrected chi connectivity index (χ3v) is 7.13. The fourth-order valence-electron chi connectivity index (χ4n) is 4.29. The van der Waals surface area contributed by atoms with Gasteiger partial charge >= 0.3 is 0 Å². The highest BCUT2D eigenvalue weighted by atomic mass is 35.5. The topological polar surface area (TPSA) is 55.4 Å². The van der Waals surface area contributed by atoms with E-state index in [4.69, 9.17) is 34.8 Å². The molecule has 0 aliphatic carbocycles. The summed E-state index contributed by atoms with van der Waals surface area (Å²) in [4.78, 5) is 4.20. The van der Waals surface area contributed by atoms with Crippen LogP contribution in [-0.2, 0) is 6.42 Å². The van der Waals surface area contributed by atoms with E-state index in [0.29, 0.717) is 15.1 Å². The quantitative estimate of drug-likeness (QED) is 0.430. The Labute approximate surface area is 201 Å². The summed E-state index contributed by atoms with van der Waals surface area (Å²) < 4.78 is 0. The van der Waals surface area contributed by atoms with Crippen LogP contribution in [0.25, 0.3) is 0 Å². The molecule has 2 aromatic carbocycles. The number of anilines is 2. The van der Waals surface area contributed by atoms with Crippen molar-refractivity contribution < 1.29 is 5.11 Å². The first-order valence-electron chi connectivity index (χ1n) is 9.78. The number of aliphatic hydroxyl groups is 1. The van der Waals surface area contributed by atoms with Gasteiger partial charge in [-0.15, -0.1) is 11.8 Å². The van der Waals surface area contributed by atoms with E-state index in [1.807, 2.05) is 37.4 Å². The molecule has 2 atom stereocenters. The van der Waals surface area contributed by atoms with Crippen LogP contribution in [-0.4, -0.2) is 48.3 Å². The standard InChI is InChI=1S/C22H23Cl3N4OS/c1-28(2)21-19(22(31-3)27-26-21)20(18-15(24)9-13(23)10-16(18)25)29-14(11-30)8-12-6-4-5-7-17(12)29/h4-7,9-10,14,20,30H,8,11H2,1-3H3,(H,26,27). The smallest absolute Gasteiger partial charge is 0.130 e. The number of para-hydroxylation sites is 1. The van der Waals surface area contributed by atoms with E-state index in [9.17, 15) is 5.11 Å². The Bertz CT molecular complexity index is 1080. The van der Waals surface area contributed by atoms with E-state index in [0.717, 1.165) is 34.1 Å². The van der Waals surface area contributed by atoms with Crippen molar-refractivity contribution >= 4 is 58.1 Å². The molecule has 0 amide bonds. The summed E-state index contributed by atoms with van der Waals surface area (Å²) in [5.41, 5.74) is 3.92. The van der Waals surface area contributed by atoms with E-state index in [1.54, 1.807) is 23.9 Å². The molecular formula is C22H23Cl3N4OS. The van der Waals surface area contributed by atoms with Crippen LogP contribution in [0.1, 0.15) is 22.7 Å². The highest BCUT2D eigenvalue weighted by Gasteiger charge is 2.40. The number of aliphatic hydroxyl groups excluding tert-OH is 1. The average molecular weight is 498 g/mol. The summed E-state index contributed by atoms with van der Waals surface area (Å²) in [5.74, 6) is 0.859. The zero-order valence-electron chi connectivity index (χ0n) is 17.4. The summed E-state index contributed by atoms with van der Waals surface area (Å²) in [7, 11) is 3.93. The van der Waals surface area contributed by atoms with Crippen LogP contribution in [0.2, 0.25) is 15.1 Å². The maximum absolute atomic E-state index is 10.3. The summed E-state index contributed by atoms with van der Waals surface area (Å²) in [6.07, 6.45) is 2.72. The fourth-order valence-corrected chi connectivity index (χ4v) is 5.88. The zero-order valence-corrected chi connectivity index (χ0v) is 20.4. The molecule has 1 aliphatic heterocycles. The van der Waals surface area contributed by atoms with Crippen molar-refractivity contribution in [1.82, 2.24) is 10.2 Å². The van der Waals surface area contributed by atoms with Crippen LogP contribution in [0.5, 0.6) is 0 Å². The Morgan fingerprint density at radius 1 is 1.19 bits per heavy atom. The number of aromatic nitrogens is 2. The second kappa shape index (κ2) is 9.12. The molecule has 2 N–H and O–H groups in total. The van der Waals surface area contributed by atoms with E-state index in [2.05, 4.69) is 27.2 Å². The van der Waals surface area contributed by atoms with Crippen molar-refractivity contribution in [1.29, 1.82) is 0 Å². The number of halogens is 3. The van der Waals surface area contributed by atoms with Gasteiger partial charge in [-0.2, -0.15) is 5.10 Å². The second-order valence-electron chi connectivity index (χ2n) is 7.65. The molecule has 0 radical (unpaired) electrons. The maximum atomic E-state index is 10.3. The summed E-state index contributed by atoms with van der Waals surface area (Å²) in [5, 5.41) is 20.3. The SMILES string of the molecule is CSc1n[nH]c(N(C)C)c1C(c1c(Cl)cc(Cl)cc1Cl)N1c2ccccc2CC1CO. The van der Waals surface area contributed by atoms with Gasteiger partial charge in [-0.05, 0) is 36.4 Å². The van der Waals surface area contributed by atoms with E-state index < -0.39 is 0 Å². The largest absolute Gasteiger partial charge is 0.394 e. The molecular weight excluding hydrogens is 475 g/mol. The van der Waals surface area contributed by atoms with Crippen molar-refractivity contribution in [3.05, 3.63) is 68.2 Å². The number of aromatic amines is 1. The molecule has 0 spiro atoms. The van der Waals surface area contributed by atoms with Crippen LogP contribution >= 0.6 is 46.6 Å². The molecule has 31 heavy (non-hydrogen) atoms. The van der Waals surface area contributed by atoms with E-state index in [-0.39, 0.29) is 18.7 Å². The minimum absolute atomic E-state index is 0.00222. The van der Waals surface area contributed by atoms with Gasteiger partial charge < -0.3 is 14.9 Å². The highest BCUT2D eigenvalue weighted by molar-refractivity contribution is 7.98. The molecule has 4 rings (SSSR count). The molecule has 3 aromatic rings. The summed E-state index contributed by atoms with van der Waals surface area (Å²) in [6.45, 7) is -0.00222. The third kappa shape index (κ3) is 4.00. The summed E-state index contributed by atoms with van der Waals surface area (Å²) in [6, 6.07) is 11.1. The second-order valence-corrected chi connectivity index (χ2v) is 9.70. The van der Waals surface area contributed by atoms with Gasteiger partial charge in [0.25, 0.3) is 0 Å². The van der Waals surface area contributed by atoms with Crippen LogP contribution in [0.15, 0.2) is 41.4 Å². The van der Waals surface area contributed by atoms with Crippen LogP contribution in [0.4, 0.5) is 11.5 Å². The number of hydrogen-bond donors (Lipinski definition) is 2. The monoisotopic (exact) mass is 496 g/mol. The molecule has 0 saturated heterocycles. The lowest BCUT2D eigenvalue weighted by molar-refractivity contribution is 0.259. The van der Waals surface area contributed by atoms with Crippen molar-refractivity contribution in [2.24, 2.45) is 0 Å². The van der Waals surface area contributed by atoms with Gasteiger partial charge in [-0.25, -0.2) is 0 Å². The number of fused-ring (bicyclic) bond motifs is 1. The van der Waals surface area contributed by atoms with Gasteiger partial charge in [0.05, 0.1) is 24.3 Å². The lowest BCUT2D eigenvalue weighted by Crippen LogP contribution is -2.39. The minimum atomic E-state index is -0.378. The first-order chi connectivity index (χ1) is 14.9. The molecule has 9 heteroatoms. The normalized spacial score (nSPS) is 16.5. The Hall–Kier alpha value is -1.57. The number of benzene rings is 2. The molecule has 0 bridgehead atoms. The van der Waals surface area contributed by atoms with E-state index in [1.165, 1.54) is 5.56 Å². The van der Waals surface area contributed by atoms with Crippen LogP contribution < -0.4 is 9.80 Å². The molecule has 164 valence electrons. The fraction of sp³-hybridized carbons (Fsp3) is 0.318. The predicted octanol–water partition coefficient (Wildman–Crippen LogP) is 5.67. The average Bonchev–Trinajstić information content (AvgIpc) is 3.32. The first-order valence-corrected chi connectivity index (χ1v) is 12.1. The molecule has 0 saturated carbocycles. The molecule has 2 unspecified atom stereocenters. The first kappa shape index (κ1) is 22.6. The number of nitrogens with zero attached hydrogens (tertiary/aromatic N) is 3. The molecule has 1 aliphatic rings. The molecule has 1 aromatic heterocycles. The van der Waals surface area contributed by atoms with Crippen LogP contribution in [0, 0.1) is 0 Å². The lowest BCUT2D eigenvalue weighted by Gasteiger charge is -2.37. The number of nitrogens with one attached hydrogen (secondary N) is 1. The highest BCUT2D eigenvalue weighted by Crippen LogP contribution is 2.49. The van der Waals surface area contributed by atoms with Crippen molar-refractivity contribution in [2.75, 3.05) is 36.8 Å². The minimum Gasteiger partial charge on any atom is -0.394 e. The molecule has 5 nitrogen and oxygen atoms in total. The Balaban J connectivity index is 2.04. The number of hydrogen-bond acceptors (Lipinski definition) is 5. The number of H-pyrrole nitrogens is 1. The number of thioether (sulfide) groups is 1. The molecule has 0 fully saturated rings. The van der Waals surface area contributed by atoms with Crippen molar-refractivity contribution in [3.8, 4) is 0 Å².